The van der Waals surface area contributed by atoms with Crippen LogP contribution in [0.15, 0.2) is 5.16 Å². The predicted octanol–water partition coefficient (Wildman–Crippen LogP) is 2.64. The van der Waals surface area contributed by atoms with E-state index in [1.165, 1.54) is 23.1 Å². The Hall–Kier alpha value is -1.61. The normalized spacial score (nSPS) is 12.4. The van der Waals surface area contributed by atoms with E-state index in [2.05, 4.69) is 20.5 Å². The summed E-state index contributed by atoms with van der Waals surface area (Å²) in [5.74, 6) is 0.936. The van der Waals surface area contributed by atoms with Crippen molar-refractivity contribution in [3.63, 3.8) is 0 Å². The number of nitrogen functional groups attached to an aromatic ring is 1. The Morgan fingerprint density at radius 3 is 2.68 bits per heavy atom. The van der Waals surface area contributed by atoms with E-state index in [0.717, 1.165) is 16.3 Å². The van der Waals surface area contributed by atoms with Crippen LogP contribution >= 0.6 is 23.1 Å². The molecule has 3 N–H and O–H groups in total. The average molecular weight is 340 g/mol. The van der Waals surface area contributed by atoms with Crippen molar-refractivity contribution < 1.29 is 4.79 Å². The lowest BCUT2D eigenvalue weighted by molar-refractivity contribution is -0.119. The fraction of sp³-hybridized carbons (Fsp3) is 0.538. The maximum atomic E-state index is 12.6. The standard InChI is InChI=1S/C13H20N6OS2/c1-5-9(19-11(14)17-18-13(19)21-6-2)10(20)16-12-15-7(3)8(4)22-12/h9H,5-6H2,1-4H3,(H2,14,17)(H,15,16,20). The van der Waals surface area contributed by atoms with Gasteiger partial charge in [-0.2, -0.15) is 0 Å². The minimum Gasteiger partial charge on any atom is -0.368 e. The van der Waals surface area contributed by atoms with Crippen LogP contribution in [0.5, 0.6) is 0 Å². The molecule has 0 aliphatic carbocycles. The van der Waals surface area contributed by atoms with Crippen molar-refractivity contribution in [2.24, 2.45) is 0 Å². The molecule has 0 radical (unpaired) electrons. The molecule has 120 valence electrons. The zero-order valence-electron chi connectivity index (χ0n) is 13.1. The van der Waals surface area contributed by atoms with Crippen molar-refractivity contribution in [1.82, 2.24) is 19.7 Å². The number of nitrogens with one attached hydrogen (secondary N) is 1. The van der Waals surface area contributed by atoms with Crippen LogP contribution in [0.1, 0.15) is 36.9 Å². The maximum absolute atomic E-state index is 12.6. The van der Waals surface area contributed by atoms with Gasteiger partial charge in [0.1, 0.15) is 6.04 Å². The maximum Gasteiger partial charge on any atom is 0.249 e. The number of aryl methyl sites for hydroxylation is 2. The first kappa shape index (κ1) is 16.8. The number of anilines is 2. The largest absolute Gasteiger partial charge is 0.368 e. The Kier molecular flexibility index (Phi) is 5.41. The first-order valence-electron chi connectivity index (χ1n) is 7.05. The molecule has 2 heterocycles. The number of hydrogen-bond acceptors (Lipinski definition) is 7. The Morgan fingerprint density at radius 2 is 2.14 bits per heavy atom. The summed E-state index contributed by atoms with van der Waals surface area (Å²) in [6.45, 7) is 7.85. The Bertz CT molecular complexity index is 646. The number of amides is 1. The monoisotopic (exact) mass is 340 g/mol. The molecule has 0 saturated carbocycles. The summed E-state index contributed by atoms with van der Waals surface area (Å²) in [7, 11) is 0. The van der Waals surface area contributed by atoms with Gasteiger partial charge < -0.3 is 11.1 Å². The molecule has 2 rings (SSSR count). The van der Waals surface area contributed by atoms with Gasteiger partial charge in [0.25, 0.3) is 0 Å². The van der Waals surface area contributed by atoms with E-state index in [9.17, 15) is 4.79 Å². The molecule has 0 fully saturated rings. The van der Waals surface area contributed by atoms with E-state index >= 15 is 0 Å². The molecular formula is C13H20N6OS2. The van der Waals surface area contributed by atoms with E-state index < -0.39 is 6.04 Å². The second kappa shape index (κ2) is 7.10. The van der Waals surface area contributed by atoms with Gasteiger partial charge in [0.15, 0.2) is 10.3 Å². The van der Waals surface area contributed by atoms with Crippen molar-refractivity contribution in [1.29, 1.82) is 0 Å². The Labute approximate surface area is 137 Å². The predicted molar refractivity (Wildman–Crippen MR) is 90.4 cm³/mol. The van der Waals surface area contributed by atoms with Crippen LogP contribution in [0, 0.1) is 13.8 Å². The molecule has 7 nitrogen and oxygen atoms in total. The van der Waals surface area contributed by atoms with Crippen LogP contribution in [0.2, 0.25) is 0 Å². The highest BCUT2D eigenvalue weighted by Gasteiger charge is 2.25. The van der Waals surface area contributed by atoms with Gasteiger partial charge in [-0.15, -0.1) is 21.5 Å². The molecule has 1 atom stereocenters. The fourth-order valence-electron chi connectivity index (χ4n) is 2.01. The second-order valence-corrected chi connectivity index (χ2v) is 7.15. The SMILES string of the molecule is CCSc1nnc(N)n1C(CC)C(=O)Nc1nc(C)c(C)s1. The molecule has 0 spiro atoms. The number of hydrogen-bond donors (Lipinski definition) is 2. The van der Waals surface area contributed by atoms with Crippen LogP contribution in [-0.4, -0.2) is 31.4 Å². The van der Waals surface area contributed by atoms with Gasteiger partial charge in [-0.1, -0.05) is 25.6 Å². The smallest absolute Gasteiger partial charge is 0.249 e. The van der Waals surface area contributed by atoms with Gasteiger partial charge >= 0.3 is 0 Å². The fourth-order valence-corrected chi connectivity index (χ4v) is 3.54. The van der Waals surface area contributed by atoms with E-state index in [1.54, 1.807) is 4.57 Å². The van der Waals surface area contributed by atoms with Crippen LogP contribution in [0.3, 0.4) is 0 Å². The van der Waals surface area contributed by atoms with Crippen LogP contribution in [0.4, 0.5) is 11.1 Å². The molecule has 22 heavy (non-hydrogen) atoms. The quantitative estimate of drug-likeness (QED) is 0.784. The third-order valence-corrected chi connectivity index (χ3v) is 5.04. The number of rotatable bonds is 6. The number of nitrogens with two attached hydrogens (primary N) is 1. The van der Waals surface area contributed by atoms with Gasteiger partial charge in [0.05, 0.1) is 5.69 Å². The molecule has 0 saturated heterocycles. The van der Waals surface area contributed by atoms with Gasteiger partial charge in [-0.05, 0) is 26.0 Å². The number of carbonyl (C=O) groups is 1. The van der Waals surface area contributed by atoms with Crippen LogP contribution < -0.4 is 11.1 Å². The molecule has 0 aliphatic heterocycles. The third-order valence-electron chi connectivity index (χ3n) is 3.22. The molecule has 0 aromatic carbocycles. The minimum absolute atomic E-state index is 0.152. The van der Waals surface area contributed by atoms with Crippen molar-refractivity contribution in [3.05, 3.63) is 10.6 Å². The van der Waals surface area contributed by atoms with Crippen molar-refractivity contribution in [2.75, 3.05) is 16.8 Å². The zero-order chi connectivity index (χ0) is 16.3. The summed E-state index contributed by atoms with van der Waals surface area (Å²) in [4.78, 5) is 18.0. The molecular weight excluding hydrogens is 320 g/mol. The van der Waals surface area contributed by atoms with E-state index in [4.69, 9.17) is 5.73 Å². The van der Waals surface area contributed by atoms with E-state index in [0.29, 0.717) is 16.7 Å². The number of aromatic nitrogens is 4. The van der Waals surface area contributed by atoms with Gasteiger partial charge in [0, 0.05) is 4.88 Å². The lowest BCUT2D eigenvalue weighted by Gasteiger charge is -2.18. The zero-order valence-corrected chi connectivity index (χ0v) is 14.7. The van der Waals surface area contributed by atoms with Crippen molar-refractivity contribution >= 4 is 40.1 Å². The molecule has 0 aliphatic rings. The molecule has 1 unspecified atom stereocenters. The molecule has 0 bridgehead atoms. The first-order valence-corrected chi connectivity index (χ1v) is 8.86. The molecule has 9 heteroatoms. The molecule has 1 amide bonds. The van der Waals surface area contributed by atoms with Crippen molar-refractivity contribution in [2.45, 2.75) is 45.3 Å². The summed E-state index contributed by atoms with van der Waals surface area (Å²) in [6, 6.07) is -0.450. The summed E-state index contributed by atoms with van der Waals surface area (Å²) < 4.78 is 1.69. The van der Waals surface area contributed by atoms with E-state index in [-0.39, 0.29) is 11.9 Å². The molecule has 2 aromatic heterocycles. The van der Waals surface area contributed by atoms with Crippen LogP contribution in [0.25, 0.3) is 0 Å². The number of thiazole rings is 1. The summed E-state index contributed by atoms with van der Waals surface area (Å²) in [6.07, 6.45) is 0.592. The first-order chi connectivity index (χ1) is 10.5. The molecule has 2 aromatic rings. The van der Waals surface area contributed by atoms with E-state index in [1.807, 2.05) is 27.7 Å². The Balaban J connectivity index is 2.24. The topological polar surface area (TPSA) is 98.7 Å². The minimum atomic E-state index is -0.450. The highest BCUT2D eigenvalue weighted by Crippen LogP contribution is 2.27. The summed E-state index contributed by atoms with van der Waals surface area (Å²) in [5, 5.41) is 12.1. The summed E-state index contributed by atoms with van der Waals surface area (Å²) >= 11 is 2.98. The van der Waals surface area contributed by atoms with Crippen molar-refractivity contribution in [3.8, 4) is 0 Å². The second-order valence-electron chi connectivity index (χ2n) is 4.72. The van der Waals surface area contributed by atoms with Crippen LogP contribution in [-0.2, 0) is 4.79 Å². The number of thioether (sulfide) groups is 1. The average Bonchev–Trinajstić information content (AvgIpc) is 2.96. The lowest BCUT2D eigenvalue weighted by Crippen LogP contribution is -2.27. The number of carbonyl (C=O) groups excluding carboxylic acids is 1. The number of nitrogens with zero attached hydrogens (tertiary/aromatic N) is 4. The van der Waals surface area contributed by atoms with Gasteiger partial charge in [-0.3, -0.25) is 9.36 Å². The summed E-state index contributed by atoms with van der Waals surface area (Å²) in [5.41, 5.74) is 6.82. The highest BCUT2D eigenvalue weighted by molar-refractivity contribution is 7.99. The third kappa shape index (κ3) is 3.41. The van der Waals surface area contributed by atoms with Gasteiger partial charge in [-0.25, -0.2) is 4.98 Å². The van der Waals surface area contributed by atoms with Gasteiger partial charge in [0.2, 0.25) is 11.9 Å². The Morgan fingerprint density at radius 1 is 1.41 bits per heavy atom. The lowest BCUT2D eigenvalue weighted by atomic mass is 10.2. The highest BCUT2D eigenvalue weighted by atomic mass is 32.2.